The third-order valence-electron chi connectivity index (χ3n) is 5.43. The zero-order valence-corrected chi connectivity index (χ0v) is 17.1. The maximum atomic E-state index is 13.0. The smallest absolute Gasteiger partial charge is 0.389 e. The average molecular weight is 448 g/mol. The minimum atomic E-state index is -4.65. The number of nitrogens with zero attached hydrogens (tertiary/aromatic N) is 3. The molecule has 1 saturated heterocycles. The van der Waals surface area contributed by atoms with Gasteiger partial charge in [0.25, 0.3) is 0 Å². The molecule has 1 aromatic carbocycles. The highest BCUT2D eigenvalue weighted by molar-refractivity contribution is 6.31. The third-order valence-corrected chi connectivity index (χ3v) is 5.89. The minimum Gasteiger partial charge on any atom is -0.389 e. The molecule has 30 heavy (non-hydrogen) atoms. The molecule has 0 unspecified atom stereocenters. The number of piperidine rings is 1. The number of aryl methyl sites for hydroxylation is 1. The number of benzene rings is 1. The van der Waals surface area contributed by atoms with E-state index in [1.807, 2.05) is 0 Å². The van der Waals surface area contributed by atoms with Gasteiger partial charge in [-0.25, -0.2) is 4.39 Å². The van der Waals surface area contributed by atoms with Crippen molar-refractivity contribution in [2.45, 2.75) is 50.9 Å². The Bertz CT molecular complexity index is 904. The summed E-state index contributed by atoms with van der Waals surface area (Å²) in [5.41, 5.74) is -1.17. The first kappa shape index (κ1) is 22.6. The molecule has 2 heterocycles. The van der Waals surface area contributed by atoms with E-state index in [2.05, 4.69) is 5.10 Å². The first-order chi connectivity index (χ1) is 14.0. The first-order valence-electron chi connectivity index (χ1n) is 9.53. The molecule has 1 aliphatic rings. The zero-order valence-electron chi connectivity index (χ0n) is 16.3. The van der Waals surface area contributed by atoms with Gasteiger partial charge in [0.05, 0.1) is 22.9 Å². The van der Waals surface area contributed by atoms with Crippen molar-refractivity contribution in [1.29, 1.82) is 0 Å². The number of hydrogen-bond acceptors (Lipinski definition) is 3. The Morgan fingerprint density at radius 1 is 1.23 bits per heavy atom. The molecule has 0 atom stereocenters. The van der Waals surface area contributed by atoms with Crippen LogP contribution in [0.5, 0.6) is 0 Å². The standard InChI is InChI=1S/C20H22ClF4N3O2/c1-13-17(21)18(20(23,24)25)26-28(13)9-6-16(29)27-10-7-19(30,8-11-27)12-14-2-4-15(22)5-3-14/h2-5,30H,6-12H2,1H3. The summed E-state index contributed by atoms with van der Waals surface area (Å²) in [7, 11) is 0. The van der Waals surface area contributed by atoms with Crippen LogP contribution in [0.3, 0.4) is 0 Å². The summed E-state index contributed by atoms with van der Waals surface area (Å²) in [6.07, 6.45) is -3.59. The number of alkyl halides is 3. The second-order valence-corrected chi connectivity index (χ2v) is 8.01. The van der Waals surface area contributed by atoms with Crippen molar-refractivity contribution in [3.63, 3.8) is 0 Å². The molecule has 1 aromatic heterocycles. The van der Waals surface area contributed by atoms with Crippen LogP contribution in [0.2, 0.25) is 5.02 Å². The summed E-state index contributed by atoms with van der Waals surface area (Å²) in [6, 6.07) is 5.92. The van der Waals surface area contributed by atoms with Gasteiger partial charge in [-0.3, -0.25) is 9.48 Å². The van der Waals surface area contributed by atoms with Gasteiger partial charge < -0.3 is 10.0 Å². The first-order valence-corrected chi connectivity index (χ1v) is 9.91. The SMILES string of the molecule is Cc1c(Cl)c(C(F)(F)F)nn1CCC(=O)N1CCC(O)(Cc2ccc(F)cc2)CC1. The van der Waals surface area contributed by atoms with Crippen LogP contribution in [0.4, 0.5) is 17.6 Å². The van der Waals surface area contributed by atoms with E-state index in [9.17, 15) is 27.5 Å². The topological polar surface area (TPSA) is 58.4 Å². The van der Waals surface area contributed by atoms with Gasteiger partial charge in [-0.1, -0.05) is 23.7 Å². The number of amides is 1. The molecule has 10 heteroatoms. The van der Waals surface area contributed by atoms with Crippen molar-refractivity contribution < 1.29 is 27.5 Å². The van der Waals surface area contributed by atoms with Crippen LogP contribution >= 0.6 is 11.6 Å². The van der Waals surface area contributed by atoms with E-state index in [1.54, 1.807) is 17.0 Å². The van der Waals surface area contributed by atoms with Crippen molar-refractivity contribution in [2.75, 3.05) is 13.1 Å². The number of halogens is 5. The number of likely N-dealkylation sites (tertiary alicyclic amines) is 1. The van der Waals surface area contributed by atoms with Crippen LogP contribution in [-0.4, -0.2) is 44.4 Å². The van der Waals surface area contributed by atoms with Crippen LogP contribution in [0.25, 0.3) is 0 Å². The number of rotatable bonds is 5. The molecule has 0 radical (unpaired) electrons. The van der Waals surface area contributed by atoms with Crippen molar-refractivity contribution in [3.8, 4) is 0 Å². The number of aliphatic hydroxyl groups is 1. The molecule has 5 nitrogen and oxygen atoms in total. The Morgan fingerprint density at radius 2 is 1.83 bits per heavy atom. The molecule has 3 rings (SSSR count). The van der Waals surface area contributed by atoms with Gasteiger partial charge >= 0.3 is 6.18 Å². The highest BCUT2D eigenvalue weighted by atomic mass is 35.5. The van der Waals surface area contributed by atoms with E-state index < -0.39 is 22.5 Å². The maximum absolute atomic E-state index is 13.0. The monoisotopic (exact) mass is 447 g/mol. The minimum absolute atomic E-state index is 0.0170. The van der Waals surface area contributed by atoms with Gasteiger partial charge in [0.1, 0.15) is 5.82 Å². The summed E-state index contributed by atoms with van der Waals surface area (Å²) in [6.45, 7) is 2.08. The van der Waals surface area contributed by atoms with Gasteiger partial charge in [0.15, 0.2) is 5.69 Å². The summed E-state index contributed by atoms with van der Waals surface area (Å²) in [5.74, 6) is -0.569. The molecular weight excluding hydrogens is 426 g/mol. The fourth-order valence-electron chi connectivity index (χ4n) is 3.61. The largest absolute Gasteiger partial charge is 0.436 e. The lowest BCUT2D eigenvalue weighted by molar-refractivity contribution is -0.141. The number of carbonyl (C=O) groups excluding carboxylic acids is 1. The van der Waals surface area contributed by atoms with Crippen molar-refractivity contribution in [2.24, 2.45) is 0 Å². The van der Waals surface area contributed by atoms with E-state index in [1.165, 1.54) is 19.1 Å². The van der Waals surface area contributed by atoms with Gasteiger partial charge in [0.2, 0.25) is 5.91 Å². The van der Waals surface area contributed by atoms with Crippen LogP contribution in [0, 0.1) is 12.7 Å². The van der Waals surface area contributed by atoms with Crippen molar-refractivity contribution in [1.82, 2.24) is 14.7 Å². The van der Waals surface area contributed by atoms with Crippen molar-refractivity contribution >= 4 is 17.5 Å². The van der Waals surface area contributed by atoms with Gasteiger partial charge in [-0.2, -0.15) is 18.3 Å². The van der Waals surface area contributed by atoms with E-state index in [0.717, 1.165) is 10.2 Å². The third kappa shape index (κ3) is 5.13. The molecule has 0 aliphatic carbocycles. The van der Waals surface area contributed by atoms with Crippen LogP contribution in [0.1, 0.15) is 36.2 Å². The van der Waals surface area contributed by atoms with E-state index in [4.69, 9.17) is 11.6 Å². The molecular formula is C20H22ClF4N3O2. The maximum Gasteiger partial charge on any atom is 0.436 e. The van der Waals surface area contributed by atoms with Crippen molar-refractivity contribution in [3.05, 3.63) is 52.1 Å². The second kappa shape index (κ2) is 8.55. The number of aromatic nitrogens is 2. The summed E-state index contributed by atoms with van der Waals surface area (Å²) in [5, 5.41) is 13.8. The lowest BCUT2D eigenvalue weighted by atomic mass is 9.85. The molecule has 1 N–H and O–H groups in total. The lowest BCUT2D eigenvalue weighted by Gasteiger charge is -2.38. The summed E-state index contributed by atoms with van der Waals surface area (Å²) >= 11 is 5.72. The van der Waals surface area contributed by atoms with Crippen LogP contribution in [0.15, 0.2) is 24.3 Å². The Kier molecular flexibility index (Phi) is 6.43. The van der Waals surface area contributed by atoms with Gasteiger partial charge in [0, 0.05) is 25.9 Å². The Labute approximate surface area is 176 Å². The molecule has 1 amide bonds. The Balaban J connectivity index is 1.54. The zero-order chi connectivity index (χ0) is 22.1. The average Bonchev–Trinajstić information content (AvgIpc) is 2.97. The Hall–Kier alpha value is -2.13. The van der Waals surface area contributed by atoms with Gasteiger partial charge in [-0.15, -0.1) is 0 Å². The predicted octanol–water partition coefficient (Wildman–Crippen LogP) is 3.99. The highest BCUT2D eigenvalue weighted by Crippen LogP contribution is 2.35. The molecule has 1 aliphatic heterocycles. The summed E-state index contributed by atoms with van der Waals surface area (Å²) < 4.78 is 52.8. The van der Waals surface area contributed by atoms with E-state index in [0.29, 0.717) is 32.4 Å². The lowest BCUT2D eigenvalue weighted by Crippen LogP contribution is -2.47. The van der Waals surface area contributed by atoms with Crippen LogP contribution in [-0.2, 0) is 23.9 Å². The molecule has 164 valence electrons. The molecule has 0 saturated carbocycles. The van der Waals surface area contributed by atoms with E-state index in [-0.39, 0.29) is 30.4 Å². The molecule has 1 fully saturated rings. The molecule has 0 spiro atoms. The molecule has 0 bridgehead atoms. The van der Waals surface area contributed by atoms with E-state index >= 15 is 0 Å². The number of hydrogen-bond donors (Lipinski definition) is 1. The Morgan fingerprint density at radius 3 is 2.37 bits per heavy atom. The highest BCUT2D eigenvalue weighted by Gasteiger charge is 2.38. The number of carbonyl (C=O) groups is 1. The fraction of sp³-hybridized carbons (Fsp3) is 0.500. The fourth-order valence-corrected chi connectivity index (χ4v) is 3.86. The second-order valence-electron chi connectivity index (χ2n) is 7.63. The predicted molar refractivity (Wildman–Crippen MR) is 102 cm³/mol. The van der Waals surface area contributed by atoms with Crippen LogP contribution < -0.4 is 0 Å². The normalized spacial score (nSPS) is 16.7. The quantitative estimate of drug-likeness (QED) is 0.705. The molecule has 2 aromatic rings. The van der Waals surface area contributed by atoms with Gasteiger partial charge in [-0.05, 0) is 37.5 Å². The summed E-state index contributed by atoms with van der Waals surface area (Å²) in [4.78, 5) is 14.1.